The Hall–Kier alpha value is -0.610. The second-order valence-electron chi connectivity index (χ2n) is 5.12. The number of carbonyl (C=O) groups excluding carboxylic acids is 1. The summed E-state index contributed by atoms with van der Waals surface area (Å²) in [4.78, 5) is 14.0. The average Bonchev–Trinajstić information content (AvgIpc) is 2.29. The van der Waals surface area contributed by atoms with Gasteiger partial charge in [0.05, 0.1) is 0 Å². The summed E-state index contributed by atoms with van der Waals surface area (Å²) in [6.45, 7) is 2.92. The van der Waals surface area contributed by atoms with Crippen LogP contribution in [0.5, 0.6) is 0 Å². The zero-order chi connectivity index (χ0) is 12.5. The van der Waals surface area contributed by atoms with Crippen LogP contribution in [0.2, 0.25) is 0 Å². The standard InChI is InChI=1S/C13H27N3O/c1-16-10-6-7-12(11-16)15-13(17)8-4-2-3-5-9-14/h12H,2-11,14H2,1H3,(H,15,17). The van der Waals surface area contributed by atoms with E-state index in [0.717, 1.165) is 51.7 Å². The smallest absolute Gasteiger partial charge is 0.220 e. The summed E-state index contributed by atoms with van der Waals surface area (Å²) < 4.78 is 0. The Balaban J connectivity index is 2.04. The molecule has 17 heavy (non-hydrogen) atoms. The molecule has 0 bridgehead atoms. The zero-order valence-electron chi connectivity index (χ0n) is 11.1. The van der Waals surface area contributed by atoms with Crippen LogP contribution in [-0.2, 0) is 4.79 Å². The summed E-state index contributed by atoms with van der Waals surface area (Å²) in [7, 11) is 2.12. The predicted octanol–water partition coefficient (Wildman–Crippen LogP) is 1.11. The lowest BCUT2D eigenvalue weighted by Gasteiger charge is -2.30. The monoisotopic (exact) mass is 241 g/mol. The van der Waals surface area contributed by atoms with Gasteiger partial charge in [-0.15, -0.1) is 0 Å². The molecular weight excluding hydrogens is 214 g/mol. The van der Waals surface area contributed by atoms with E-state index in [1.54, 1.807) is 0 Å². The molecule has 1 rings (SSSR count). The van der Waals surface area contributed by atoms with Gasteiger partial charge in [0.25, 0.3) is 0 Å². The number of nitrogens with two attached hydrogens (primary N) is 1. The Kier molecular flexibility index (Phi) is 7.21. The first kappa shape index (κ1) is 14.5. The minimum absolute atomic E-state index is 0.220. The fraction of sp³-hybridized carbons (Fsp3) is 0.923. The molecule has 1 amide bonds. The van der Waals surface area contributed by atoms with Gasteiger partial charge in [0, 0.05) is 19.0 Å². The van der Waals surface area contributed by atoms with E-state index in [4.69, 9.17) is 5.73 Å². The van der Waals surface area contributed by atoms with Gasteiger partial charge < -0.3 is 16.0 Å². The van der Waals surface area contributed by atoms with Gasteiger partial charge in [-0.1, -0.05) is 12.8 Å². The number of hydrogen-bond acceptors (Lipinski definition) is 3. The summed E-state index contributed by atoms with van der Waals surface area (Å²) >= 11 is 0. The maximum absolute atomic E-state index is 11.7. The van der Waals surface area contributed by atoms with E-state index in [1.807, 2.05) is 0 Å². The summed E-state index contributed by atoms with van der Waals surface area (Å²) in [5, 5.41) is 3.13. The Morgan fingerprint density at radius 2 is 2.12 bits per heavy atom. The van der Waals surface area contributed by atoms with Crippen molar-refractivity contribution in [1.82, 2.24) is 10.2 Å². The van der Waals surface area contributed by atoms with Crippen LogP contribution in [0.3, 0.4) is 0 Å². The third kappa shape index (κ3) is 6.64. The van der Waals surface area contributed by atoms with Gasteiger partial charge in [-0.3, -0.25) is 4.79 Å². The van der Waals surface area contributed by atoms with Gasteiger partial charge in [0.1, 0.15) is 0 Å². The van der Waals surface area contributed by atoms with Crippen LogP contribution < -0.4 is 11.1 Å². The quantitative estimate of drug-likeness (QED) is 0.656. The molecule has 0 radical (unpaired) electrons. The highest BCUT2D eigenvalue weighted by Crippen LogP contribution is 2.09. The molecule has 100 valence electrons. The van der Waals surface area contributed by atoms with Crippen LogP contribution >= 0.6 is 0 Å². The number of unbranched alkanes of at least 4 members (excludes halogenated alkanes) is 3. The fourth-order valence-electron chi connectivity index (χ4n) is 2.37. The minimum Gasteiger partial charge on any atom is -0.352 e. The topological polar surface area (TPSA) is 58.4 Å². The molecule has 1 fully saturated rings. The summed E-state index contributed by atoms with van der Waals surface area (Å²) in [6.07, 6.45) is 7.33. The molecule has 0 spiro atoms. The Bertz CT molecular complexity index is 221. The van der Waals surface area contributed by atoms with E-state index in [1.165, 1.54) is 6.42 Å². The first-order valence-corrected chi connectivity index (χ1v) is 6.90. The van der Waals surface area contributed by atoms with Crippen LogP contribution in [0, 0.1) is 0 Å². The van der Waals surface area contributed by atoms with Crippen molar-refractivity contribution in [3.63, 3.8) is 0 Å². The van der Waals surface area contributed by atoms with Crippen molar-refractivity contribution in [3.8, 4) is 0 Å². The second-order valence-corrected chi connectivity index (χ2v) is 5.12. The van der Waals surface area contributed by atoms with E-state index < -0.39 is 0 Å². The lowest BCUT2D eigenvalue weighted by atomic mass is 10.1. The molecule has 0 aromatic heterocycles. The van der Waals surface area contributed by atoms with Gasteiger partial charge >= 0.3 is 0 Å². The second kappa shape index (κ2) is 8.48. The van der Waals surface area contributed by atoms with E-state index in [9.17, 15) is 4.79 Å². The van der Waals surface area contributed by atoms with Gasteiger partial charge in [-0.2, -0.15) is 0 Å². The van der Waals surface area contributed by atoms with E-state index in [0.29, 0.717) is 12.5 Å². The maximum Gasteiger partial charge on any atom is 0.220 e. The molecule has 0 saturated carbocycles. The SMILES string of the molecule is CN1CCCC(NC(=O)CCCCCCN)C1. The fourth-order valence-corrected chi connectivity index (χ4v) is 2.37. The molecule has 4 nitrogen and oxygen atoms in total. The molecule has 3 N–H and O–H groups in total. The van der Waals surface area contributed by atoms with Gasteiger partial charge in [0.2, 0.25) is 5.91 Å². The van der Waals surface area contributed by atoms with Gasteiger partial charge in [0.15, 0.2) is 0 Å². The number of hydrogen-bond donors (Lipinski definition) is 2. The highest BCUT2D eigenvalue weighted by Gasteiger charge is 2.18. The normalized spacial score (nSPS) is 21.4. The maximum atomic E-state index is 11.7. The number of nitrogens with zero attached hydrogens (tertiary/aromatic N) is 1. The molecule has 1 atom stereocenters. The Labute approximate surface area is 105 Å². The van der Waals surface area contributed by atoms with Crippen molar-refractivity contribution in [1.29, 1.82) is 0 Å². The number of rotatable bonds is 7. The molecule has 1 aliphatic heterocycles. The Morgan fingerprint density at radius 1 is 1.35 bits per heavy atom. The van der Waals surface area contributed by atoms with E-state index in [2.05, 4.69) is 17.3 Å². The molecule has 1 saturated heterocycles. The van der Waals surface area contributed by atoms with Crippen molar-refractivity contribution in [3.05, 3.63) is 0 Å². The number of amides is 1. The predicted molar refractivity (Wildman–Crippen MR) is 70.8 cm³/mol. The van der Waals surface area contributed by atoms with Crippen molar-refractivity contribution in [2.45, 2.75) is 51.0 Å². The Morgan fingerprint density at radius 3 is 2.82 bits per heavy atom. The van der Waals surface area contributed by atoms with Crippen molar-refractivity contribution in [2.24, 2.45) is 5.73 Å². The lowest BCUT2D eigenvalue weighted by Crippen LogP contribution is -2.46. The first-order chi connectivity index (χ1) is 8.22. The number of likely N-dealkylation sites (tertiary alicyclic amines) is 1. The van der Waals surface area contributed by atoms with Crippen molar-refractivity contribution < 1.29 is 4.79 Å². The molecule has 0 aliphatic carbocycles. The molecule has 0 aromatic rings. The van der Waals surface area contributed by atoms with Crippen LogP contribution in [0.25, 0.3) is 0 Å². The molecule has 1 heterocycles. The highest BCUT2D eigenvalue weighted by molar-refractivity contribution is 5.76. The summed E-state index contributed by atoms with van der Waals surface area (Å²) in [6, 6.07) is 0.366. The van der Waals surface area contributed by atoms with Crippen LogP contribution in [0.4, 0.5) is 0 Å². The minimum atomic E-state index is 0.220. The van der Waals surface area contributed by atoms with Crippen LogP contribution in [-0.4, -0.2) is 43.5 Å². The van der Waals surface area contributed by atoms with Gasteiger partial charge in [-0.05, 0) is 45.8 Å². The molecular formula is C13H27N3O. The first-order valence-electron chi connectivity index (χ1n) is 6.90. The number of nitrogens with one attached hydrogen (secondary N) is 1. The average molecular weight is 241 g/mol. The molecule has 0 aromatic carbocycles. The molecule has 1 aliphatic rings. The van der Waals surface area contributed by atoms with Crippen molar-refractivity contribution >= 4 is 5.91 Å². The van der Waals surface area contributed by atoms with Gasteiger partial charge in [-0.25, -0.2) is 0 Å². The zero-order valence-corrected chi connectivity index (χ0v) is 11.1. The van der Waals surface area contributed by atoms with E-state index >= 15 is 0 Å². The third-order valence-electron chi connectivity index (χ3n) is 3.35. The number of likely N-dealkylation sites (N-methyl/N-ethyl adjacent to an activating group) is 1. The number of carbonyl (C=O) groups is 1. The number of piperidine rings is 1. The summed E-state index contributed by atoms with van der Waals surface area (Å²) in [5.41, 5.74) is 5.42. The largest absolute Gasteiger partial charge is 0.352 e. The van der Waals surface area contributed by atoms with Crippen LogP contribution in [0.15, 0.2) is 0 Å². The summed E-state index contributed by atoms with van der Waals surface area (Å²) in [5.74, 6) is 0.220. The van der Waals surface area contributed by atoms with Crippen LogP contribution in [0.1, 0.15) is 44.9 Å². The molecule has 4 heteroatoms. The van der Waals surface area contributed by atoms with E-state index in [-0.39, 0.29) is 5.91 Å². The molecule has 1 unspecified atom stereocenters. The third-order valence-corrected chi connectivity index (χ3v) is 3.35. The lowest BCUT2D eigenvalue weighted by molar-refractivity contribution is -0.122. The highest BCUT2D eigenvalue weighted by atomic mass is 16.1. The van der Waals surface area contributed by atoms with Crippen molar-refractivity contribution in [2.75, 3.05) is 26.7 Å².